The molecule has 1 N–H and O–H groups in total. The fourth-order valence-corrected chi connectivity index (χ4v) is 3.58. The monoisotopic (exact) mass is 217 g/mol. The van der Waals surface area contributed by atoms with Crippen molar-refractivity contribution in [1.29, 1.82) is 0 Å². The van der Waals surface area contributed by atoms with E-state index in [0.29, 0.717) is 12.0 Å². The molecule has 5 heteroatoms. The van der Waals surface area contributed by atoms with Gasteiger partial charge in [0.1, 0.15) is 0 Å². The Morgan fingerprint density at radius 1 is 1.50 bits per heavy atom. The van der Waals surface area contributed by atoms with Crippen LogP contribution in [0, 0.1) is 0 Å². The van der Waals surface area contributed by atoms with E-state index in [-0.39, 0.29) is 17.4 Å². The molecule has 0 aromatic carbocycles. The third-order valence-electron chi connectivity index (χ3n) is 2.31. The summed E-state index contributed by atoms with van der Waals surface area (Å²) in [6.07, 6.45) is 0.481. The zero-order valence-electron chi connectivity index (χ0n) is 8.46. The predicted octanol–water partition coefficient (Wildman–Crippen LogP) is 0.256. The summed E-state index contributed by atoms with van der Waals surface area (Å²) in [6.45, 7) is 6.85. The molecule has 0 aromatic heterocycles. The lowest BCUT2D eigenvalue weighted by molar-refractivity contribution is -0.118. The molecule has 1 atom stereocenters. The maximum absolute atomic E-state index is 11.3. The molecule has 0 bridgehead atoms. The Balaban J connectivity index is 2.71. The van der Waals surface area contributed by atoms with Crippen LogP contribution in [0.1, 0.15) is 20.3 Å². The largest absolute Gasteiger partial charge is 0.346 e. The third kappa shape index (κ3) is 2.57. The van der Waals surface area contributed by atoms with Gasteiger partial charge < -0.3 is 5.32 Å². The second-order valence-corrected chi connectivity index (χ2v) is 6.32. The summed E-state index contributed by atoms with van der Waals surface area (Å²) in [5.41, 5.74) is -0.218. The smallest absolute Gasteiger partial charge is 0.246 e. The number of carbonyl (C=O) groups excluding carboxylic acids is 1. The van der Waals surface area contributed by atoms with Crippen LogP contribution in [-0.4, -0.2) is 31.4 Å². The van der Waals surface area contributed by atoms with Crippen LogP contribution in [0.3, 0.4) is 0 Å². The van der Waals surface area contributed by atoms with Crippen LogP contribution < -0.4 is 5.32 Å². The van der Waals surface area contributed by atoms with Gasteiger partial charge in [0.15, 0.2) is 9.84 Å². The van der Waals surface area contributed by atoms with Crippen LogP contribution in [0.4, 0.5) is 0 Å². The van der Waals surface area contributed by atoms with Crippen molar-refractivity contribution >= 4 is 15.7 Å². The van der Waals surface area contributed by atoms with Gasteiger partial charge in [-0.05, 0) is 20.3 Å². The number of hydrogen-bond acceptors (Lipinski definition) is 3. The van der Waals surface area contributed by atoms with Crippen molar-refractivity contribution in [3.63, 3.8) is 0 Å². The van der Waals surface area contributed by atoms with E-state index in [4.69, 9.17) is 0 Å². The molecule has 1 saturated heterocycles. The van der Waals surface area contributed by atoms with E-state index in [0.717, 1.165) is 0 Å². The minimum atomic E-state index is -2.97. The molecule has 0 aliphatic carbocycles. The van der Waals surface area contributed by atoms with Crippen molar-refractivity contribution in [2.24, 2.45) is 0 Å². The summed E-state index contributed by atoms with van der Waals surface area (Å²) in [5.74, 6) is -0.0940. The average molecular weight is 217 g/mol. The molecule has 0 radical (unpaired) electrons. The van der Waals surface area contributed by atoms with Gasteiger partial charge in [-0.1, -0.05) is 6.58 Å². The highest BCUT2D eigenvalue weighted by Crippen LogP contribution is 2.22. The van der Waals surface area contributed by atoms with Crippen molar-refractivity contribution in [1.82, 2.24) is 5.32 Å². The van der Waals surface area contributed by atoms with E-state index >= 15 is 0 Å². The van der Waals surface area contributed by atoms with Crippen LogP contribution in [0.25, 0.3) is 0 Å². The van der Waals surface area contributed by atoms with Gasteiger partial charge >= 0.3 is 0 Å². The van der Waals surface area contributed by atoms with Crippen molar-refractivity contribution in [2.75, 3.05) is 11.5 Å². The first kappa shape index (κ1) is 11.2. The molecular formula is C9H15NO3S. The standard InChI is InChI=1S/C9H15NO3S/c1-7(2)8(11)10-9(3)4-5-14(12,13)6-9/h1,4-6H2,2-3H3,(H,10,11)/t9-/m1/s1. The fourth-order valence-electron chi connectivity index (χ4n) is 1.49. The van der Waals surface area contributed by atoms with Crippen LogP contribution in [0.5, 0.6) is 0 Å². The van der Waals surface area contributed by atoms with Crippen LogP contribution in [0.15, 0.2) is 12.2 Å². The van der Waals surface area contributed by atoms with Crippen LogP contribution >= 0.6 is 0 Å². The van der Waals surface area contributed by atoms with E-state index in [1.807, 2.05) is 0 Å². The first-order valence-electron chi connectivity index (χ1n) is 4.43. The van der Waals surface area contributed by atoms with E-state index < -0.39 is 15.4 Å². The highest BCUT2D eigenvalue weighted by molar-refractivity contribution is 7.91. The Kier molecular flexibility index (Phi) is 2.71. The molecule has 1 aliphatic heterocycles. The number of rotatable bonds is 2. The zero-order valence-corrected chi connectivity index (χ0v) is 9.28. The highest BCUT2D eigenvalue weighted by Gasteiger charge is 2.39. The van der Waals surface area contributed by atoms with Crippen molar-refractivity contribution in [2.45, 2.75) is 25.8 Å². The van der Waals surface area contributed by atoms with E-state index in [9.17, 15) is 13.2 Å². The fraction of sp³-hybridized carbons (Fsp3) is 0.667. The maximum atomic E-state index is 11.3. The lowest BCUT2D eigenvalue weighted by atomic mass is 10.0. The van der Waals surface area contributed by atoms with Crippen molar-refractivity contribution < 1.29 is 13.2 Å². The van der Waals surface area contributed by atoms with Gasteiger partial charge in [-0.3, -0.25) is 4.79 Å². The molecule has 1 fully saturated rings. The molecule has 1 amide bonds. The minimum absolute atomic E-state index is 0.0268. The molecule has 0 aromatic rings. The lowest BCUT2D eigenvalue weighted by Crippen LogP contribution is -2.47. The third-order valence-corrected chi connectivity index (χ3v) is 4.21. The molecular weight excluding hydrogens is 202 g/mol. The number of sulfone groups is 1. The summed E-state index contributed by atoms with van der Waals surface area (Å²) < 4.78 is 22.4. The molecule has 80 valence electrons. The summed E-state index contributed by atoms with van der Waals surface area (Å²) in [5, 5.41) is 2.69. The van der Waals surface area contributed by atoms with Crippen LogP contribution in [0.2, 0.25) is 0 Å². The van der Waals surface area contributed by atoms with Gasteiger partial charge in [-0.25, -0.2) is 8.42 Å². The van der Waals surface area contributed by atoms with Crippen molar-refractivity contribution in [3.8, 4) is 0 Å². The molecule has 0 spiro atoms. The van der Waals surface area contributed by atoms with Gasteiger partial charge in [0.05, 0.1) is 17.0 Å². The van der Waals surface area contributed by atoms with Gasteiger partial charge in [-0.2, -0.15) is 0 Å². The normalized spacial score (nSPS) is 29.9. The Morgan fingerprint density at radius 3 is 2.43 bits per heavy atom. The van der Waals surface area contributed by atoms with E-state index in [2.05, 4.69) is 11.9 Å². The van der Waals surface area contributed by atoms with E-state index in [1.54, 1.807) is 13.8 Å². The summed E-state index contributed by atoms with van der Waals surface area (Å²) in [4.78, 5) is 11.3. The Hall–Kier alpha value is -0.840. The first-order chi connectivity index (χ1) is 6.24. The van der Waals surface area contributed by atoms with E-state index in [1.165, 1.54) is 0 Å². The van der Waals surface area contributed by atoms with Crippen molar-refractivity contribution in [3.05, 3.63) is 12.2 Å². The summed E-state index contributed by atoms with van der Waals surface area (Å²) in [6, 6.07) is 0. The Labute approximate surface area is 84.3 Å². The number of hydrogen-bond donors (Lipinski definition) is 1. The minimum Gasteiger partial charge on any atom is -0.346 e. The summed E-state index contributed by atoms with van der Waals surface area (Å²) >= 11 is 0. The topological polar surface area (TPSA) is 63.2 Å². The van der Waals surface area contributed by atoms with Gasteiger partial charge in [-0.15, -0.1) is 0 Å². The molecule has 1 aliphatic rings. The first-order valence-corrected chi connectivity index (χ1v) is 6.25. The molecule has 14 heavy (non-hydrogen) atoms. The molecule has 1 heterocycles. The predicted molar refractivity (Wildman–Crippen MR) is 54.6 cm³/mol. The number of carbonyl (C=O) groups is 1. The van der Waals surface area contributed by atoms with Gasteiger partial charge in [0, 0.05) is 5.57 Å². The summed E-state index contributed by atoms with van der Waals surface area (Å²) in [7, 11) is -2.97. The second kappa shape index (κ2) is 3.38. The molecule has 0 saturated carbocycles. The van der Waals surface area contributed by atoms with Gasteiger partial charge in [0.25, 0.3) is 0 Å². The quantitative estimate of drug-likeness (QED) is 0.675. The number of amides is 1. The number of nitrogens with one attached hydrogen (secondary N) is 1. The second-order valence-electron chi connectivity index (χ2n) is 4.14. The lowest BCUT2D eigenvalue weighted by Gasteiger charge is -2.23. The maximum Gasteiger partial charge on any atom is 0.246 e. The Bertz CT molecular complexity index is 372. The highest BCUT2D eigenvalue weighted by atomic mass is 32.2. The molecule has 0 unspecified atom stereocenters. The molecule has 1 rings (SSSR count). The SMILES string of the molecule is C=C(C)C(=O)N[C@]1(C)CCS(=O)(=O)C1. The Morgan fingerprint density at radius 2 is 2.07 bits per heavy atom. The zero-order chi connectivity index (χ0) is 11.0. The average Bonchev–Trinajstić information content (AvgIpc) is 2.25. The molecule has 4 nitrogen and oxygen atoms in total. The van der Waals surface area contributed by atoms with Crippen LogP contribution in [-0.2, 0) is 14.6 Å². The van der Waals surface area contributed by atoms with Gasteiger partial charge in [0.2, 0.25) is 5.91 Å².